The molecule has 2 aliphatic heterocycles. The van der Waals surface area contributed by atoms with E-state index >= 15 is 0 Å². The Morgan fingerprint density at radius 2 is 1.97 bits per heavy atom. The van der Waals surface area contributed by atoms with Crippen LogP contribution in [0.3, 0.4) is 0 Å². The molecule has 37 heavy (non-hydrogen) atoms. The Morgan fingerprint density at radius 1 is 1.27 bits per heavy atom. The zero-order valence-corrected chi connectivity index (χ0v) is 23.5. The molecule has 13 heteroatoms. The van der Waals surface area contributed by atoms with Gasteiger partial charge in [-0.15, -0.1) is 11.3 Å². The molecule has 0 atom stereocenters. The summed E-state index contributed by atoms with van der Waals surface area (Å²) in [6.07, 6.45) is 2.80. The summed E-state index contributed by atoms with van der Waals surface area (Å²) >= 11 is 9.58. The van der Waals surface area contributed by atoms with Gasteiger partial charge in [-0.05, 0) is 23.6 Å². The SMILES string of the molecule is CSc1nc(N2CCCn3nc(C(=O)N(C)C)c(Cl)c3C2)cc(N2CC(C)(c3csc(N)c3C#N)C2)n1. The molecule has 5 rings (SSSR count). The van der Waals surface area contributed by atoms with E-state index in [1.807, 2.05) is 22.4 Å². The number of nitrogens with zero attached hydrogens (tertiary/aromatic N) is 8. The number of hydrogen-bond donors (Lipinski definition) is 1. The summed E-state index contributed by atoms with van der Waals surface area (Å²) in [7, 11) is 3.38. The van der Waals surface area contributed by atoms with Crippen molar-refractivity contribution in [3.8, 4) is 6.07 Å². The second-order valence-electron chi connectivity index (χ2n) is 9.80. The molecular weight excluding hydrogens is 530 g/mol. The molecule has 0 radical (unpaired) electrons. The molecule has 1 saturated heterocycles. The number of carbonyl (C=O) groups is 1. The van der Waals surface area contributed by atoms with Gasteiger partial charge in [0.1, 0.15) is 22.7 Å². The van der Waals surface area contributed by atoms with E-state index in [0.29, 0.717) is 33.8 Å². The Labute approximate surface area is 229 Å². The fraction of sp³-hybridized carbons (Fsp3) is 0.458. The number of aryl methyl sites for hydroxylation is 1. The number of nitrogens with two attached hydrogens (primary N) is 1. The largest absolute Gasteiger partial charge is 0.389 e. The summed E-state index contributed by atoms with van der Waals surface area (Å²) in [5.74, 6) is 1.45. The average molecular weight is 558 g/mol. The van der Waals surface area contributed by atoms with E-state index in [-0.39, 0.29) is 17.0 Å². The van der Waals surface area contributed by atoms with Gasteiger partial charge in [-0.1, -0.05) is 30.3 Å². The summed E-state index contributed by atoms with van der Waals surface area (Å²) < 4.78 is 1.84. The number of thioether (sulfide) groups is 1. The van der Waals surface area contributed by atoms with Crippen LogP contribution in [-0.4, -0.2) is 70.5 Å². The van der Waals surface area contributed by atoms with E-state index in [1.54, 1.807) is 14.1 Å². The van der Waals surface area contributed by atoms with Gasteiger partial charge in [-0.2, -0.15) is 10.4 Å². The van der Waals surface area contributed by atoms with Crippen LogP contribution < -0.4 is 15.5 Å². The van der Waals surface area contributed by atoms with E-state index in [9.17, 15) is 10.1 Å². The monoisotopic (exact) mass is 557 g/mol. The number of nitrogen functional groups attached to an aromatic ring is 1. The second kappa shape index (κ2) is 9.70. The van der Waals surface area contributed by atoms with Crippen molar-refractivity contribution in [1.82, 2.24) is 24.6 Å². The van der Waals surface area contributed by atoms with Crippen LogP contribution in [0.4, 0.5) is 16.6 Å². The van der Waals surface area contributed by atoms with Crippen molar-refractivity contribution in [3.05, 3.63) is 39.0 Å². The lowest BCUT2D eigenvalue weighted by molar-refractivity contribution is 0.0821. The minimum Gasteiger partial charge on any atom is -0.389 e. The van der Waals surface area contributed by atoms with Crippen LogP contribution in [0.25, 0.3) is 0 Å². The Bertz CT molecular complexity index is 1400. The van der Waals surface area contributed by atoms with Crippen molar-refractivity contribution in [2.45, 2.75) is 37.0 Å². The molecule has 2 N–H and O–H groups in total. The maximum atomic E-state index is 12.6. The molecule has 2 aliphatic rings. The molecule has 1 fully saturated rings. The number of nitriles is 1. The van der Waals surface area contributed by atoms with Crippen LogP contribution in [0.1, 0.15) is 40.7 Å². The highest BCUT2D eigenvalue weighted by atomic mass is 35.5. The lowest BCUT2D eigenvalue weighted by atomic mass is 9.75. The van der Waals surface area contributed by atoms with Gasteiger partial charge in [-0.3, -0.25) is 9.48 Å². The first kappa shape index (κ1) is 25.6. The fourth-order valence-electron chi connectivity index (χ4n) is 4.90. The molecule has 0 unspecified atom stereocenters. The minimum absolute atomic E-state index is 0.165. The first-order chi connectivity index (χ1) is 17.6. The lowest BCUT2D eigenvalue weighted by Crippen LogP contribution is -2.58. The molecule has 0 saturated carbocycles. The van der Waals surface area contributed by atoms with Gasteiger partial charge < -0.3 is 20.4 Å². The molecule has 10 nitrogen and oxygen atoms in total. The van der Waals surface area contributed by atoms with Crippen molar-refractivity contribution < 1.29 is 4.79 Å². The second-order valence-corrected chi connectivity index (χ2v) is 11.9. The quantitative estimate of drug-likeness (QED) is 0.371. The van der Waals surface area contributed by atoms with Crippen molar-refractivity contribution in [3.63, 3.8) is 0 Å². The number of hydrogen-bond acceptors (Lipinski definition) is 10. The number of carbonyl (C=O) groups excluding carboxylic acids is 1. The van der Waals surface area contributed by atoms with Crippen LogP contribution in [0, 0.1) is 11.3 Å². The molecule has 0 aromatic carbocycles. The molecule has 1 amide bonds. The first-order valence-electron chi connectivity index (χ1n) is 11.8. The van der Waals surface area contributed by atoms with Crippen molar-refractivity contribution in [2.75, 3.05) is 55.5 Å². The van der Waals surface area contributed by atoms with Crippen LogP contribution >= 0.6 is 34.7 Å². The zero-order chi connectivity index (χ0) is 26.5. The summed E-state index contributed by atoms with van der Waals surface area (Å²) in [6, 6.07) is 4.28. The van der Waals surface area contributed by atoms with E-state index < -0.39 is 0 Å². The van der Waals surface area contributed by atoms with Gasteiger partial charge in [0.25, 0.3) is 5.91 Å². The summed E-state index contributed by atoms with van der Waals surface area (Å²) in [6.45, 7) is 5.57. The Kier molecular flexibility index (Phi) is 6.72. The third-order valence-corrected chi connectivity index (χ3v) is 8.67. The molecule has 3 aromatic rings. The predicted molar refractivity (Wildman–Crippen MR) is 148 cm³/mol. The smallest absolute Gasteiger partial charge is 0.275 e. The molecule has 0 bridgehead atoms. The maximum absolute atomic E-state index is 12.6. The molecule has 5 heterocycles. The number of anilines is 3. The first-order valence-corrected chi connectivity index (χ1v) is 14.3. The van der Waals surface area contributed by atoms with Gasteiger partial charge in [0, 0.05) is 51.8 Å². The number of amides is 1. The van der Waals surface area contributed by atoms with Crippen LogP contribution in [0.2, 0.25) is 5.02 Å². The molecule has 3 aromatic heterocycles. The highest BCUT2D eigenvalue weighted by molar-refractivity contribution is 7.98. The van der Waals surface area contributed by atoms with Crippen molar-refractivity contribution in [1.29, 1.82) is 5.26 Å². The fourth-order valence-corrected chi connectivity index (χ4v) is 6.47. The van der Waals surface area contributed by atoms with E-state index in [2.05, 4.69) is 27.9 Å². The number of thiophene rings is 1. The van der Waals surface area contributed by atoms with E-state index in [1.165, 1.54) is 28.0 Å². The van der Waals surface area contributed by atoms with Gasteiger partial charge in [0.15, 0.2) is 10.9 Å². The Balaban J connectivity index is 1.41. The molecule has 194 valence electrons. The predicted octanol–water partition coefficient (Wildman–Crippen LogP) is 3.45. The molecular formula is C24H28ClN9OS2. The zero-order valence-electron chi connectivity index (χ0n) is 21.2. The van der Waals surface area contributed by atoms with Gasteiger partial charge in [0.05, 0.1) is 22.8 Å². The number of fused-ring (bicyclic) bond motifs is 1. The average Bonchev–Trinajstić information content (AvgIpc) is 3.30. The maximum Gasteiger partial charge on any atom is 0.275 e. The van der Waals surface area contributed by atoms with E-state index in [0.717, 1.165) is 48.9 Å². The standard InChI is InChI=1S/C24H28ClN9OS2/c1-24(15-11-37-21(27)14(15)9-26)12-33(13-24)18-8-17(28-23(29-18)36-4)32-6-5-7-34-16(10-32)19(25)20(30-34)22(35)31(2)3/h8,11H,5-7,10,12-13,27H2,1-4H3. The van der Waals surface area contributed by atoms with Gasteiger partial charge >= 0.3 is 0 Å². The normalized spacial score (nSPS) is 16.5. The van der Waals surface area contributed by atoms with E-state index in [4.69, 9.17) is 27.3 Å². The summed E-state index contributed by atoms with van der Waals surface area (Å²) in [4.78, 5) is 28.0. The van der Waals surface area contributed by atoms with Crippen LogP contribution in [0.15, 0.2) is 16.6 Å². The van der Waals surface area contributed by atoms with Crippen LogP contribution in [0.5, 0.6) is 0 Å². The minimum atomic E-state index is -0.209. The van der Waals surface area contributed by atoms with Crippen molar-refractivity contribution >= 4 is 57.2 Å². The number of aromatic nitrogens is 4. The molecule has 0 spiro atoms. The summed E-state index contributed by atoms with van der Waals surface area (Å²) in [5, 5.41) is 17.7. The van der Waals surface area contributed by atoms with Gasteiger partial charge in [-0.25, -0.2) is 9.97 Å². The third kappa shape index (κ3) is 4.49. The van der Waals surface area contributed by atoms with Crippen molar-refractivity contribution in [2.24, 2.45) is 0 Å². The summed E-state index contributed by atoms with van der Waals surface area (Å²) in [5.41, 5.74) is 8.54. The lowest BCUT2D eigenvalue weighted by Gasteiger charge is -2.49. The Morgan fingerprint density at radius 3 is 2.62 bits per heavy atom. The number of rotatable bonds is 5. The molecule has 0 aliphatic carbocycles. The highest BCUT2D eigenvalue weighted by Gasteiger charge is 2.43. The number of halogens is 1. The third-order valence-electron chi connectivity index (χ3n) is 6.91. The van der Waals surface area contributed by atoms with Gasteiger partial charge in [0.2, 0.25) is 0 Å². The highest BCUT2D eigenvalue weighted by Crippen LogP contribution is 2.42. The Hall–Kier alpha value is -3.01. The van der Waals surface area contributed by atoms with Crippen LogP contribution in [-0.2, 0) is 18.5 Å². The topological polar surface area (TPSA) is 120 Å².